The molecule has 3 aromatic rings. The number of hydrogen-bond donors (Lipinski definition) is 0. The molecule has 0 saturated heterocycles. The Morgan fingerprint density at radius 3 is 2.84 bits per heavy atom. The van der Waals surface area contributed by atoms with Crippen molar-refractivity contribution in [3.63, 3.8) is 0 Å². The number of nitrogens with zero attached hydrogens (tertiary/aromatic N) is 2. The van der Waals surface area contributed by atoms with Gasteiger partial charge in [-0.3, -0.25) is 9.36 Å². The topological polar surface area (TPSA) is 34.9 Å². The molecule has 0 amide bonds. The molecule has 0 saturated carbocycles. The van der Waals surface area contributed by atoms with E-state index in [4.69, 9.17) is 0 Å². The molecule has 2 heterocycles. The molecule has 2 aromatic carbocycles. The van der Waals surface area contributed by atoms with Crippen LogP contribution in [-0.2, 0) is 6.54 Å². The molecule has 0 N–H and O–H groups in total. The van der Waals surface area contributed by atoms with E-state index in [1.807, 2.05) is 24.3 Å². The highest BCUT2D eigenvalue weighted by atomic mass is 19.1. The van der Waals surface area contributed by atoms with Gasteiger partial charge in [-0.2, -0.15) is 0 Å². The lowest BCUT2D eigenvalue weighted by Gasteiger charge is -2.05. The van der Waals surface area contributed by atoms with Crippen LogP contribution in [-0.4, -0.2) is 9.55 Å². The average Bonchev–Trinajstić information content (AvgIpc) is 2.78. The van der Waals surface area contributed by atoms with Crippen LogP contribution < -0.4 is 5.56 Å². The number of benzene rings is 2. The van der Waals surface area contributed by atoms with Crippen molar-refractivity contribution in [1.29, 1.82) is 0 Å². The van der Waals surface area contributed by atoms with Gasteiger partial charge in [-0.1, -0.05) is 30.3 Å². The third kappa shape index (κ3) is 1.31. The van der Waals surface area contributed by atoms with Crippen molar-refractivity contribution in [2.45, 2.75) is 6.54 Å². The van der Waals surface area contributed by atoms with Crippen molar-refractivity contribution >= 4 is 10.9 Å². The zero-order valence-corrected chi connectivity index (χ0v) is 9.93. The largest absolute Gasteiger partial charge is 0.287 e. The van der Waals surface area contributed by atoms with E-state index >= 15 is 0 Å². The highest BCUT2D eigenvalue weighted by Gasteiger charge is 2.22. The van der Waals surface area contributed by atoms with Gasteiger partial charge in [0.2, 0.25) is 0 Å². The van der Waals surface area contributed by atoms with E-state index in [2.05, 4.69) is 4.98 Å². The van der Waals surface area contributed by atoms with Gasteiger partial charge in [-0.15, -0.1) is 0 Å². The zero-order valence-electron chi connectivity index (χ0n) is 9.93. The van der Waals surface area contributed by atoms with Crippen LogP contribution in [0, 0.1) is 5.82 Å². The molecule has 1 aromatic heterocycles. The molecule has 3 nitrogen and oxygen atoms in total. The minimum Gasteiger partial charge on any atom is -0.287 e. The summed E-state index contributed by atoms with van der Waals surface area (Å²) in [5.74, 6) is 0.111. The van der Waals surface area contributed by atoms with E-state index in [0.29, 0.717) is 17.9 Å². The van der Waals surface area contributed by atoms with Crippen molar-refractivity contribution in [1.82, 2.24) is 9.55 Å². The SMILES string of the molecule is O=c1c2c(F)cccc2nc2n1Cc1ccccc1-2. The maximum absolute atomic E-state index is 13.8. The first-order valence-corrected chi connectivity index (χ1v) is 6.03. The van der Waals surface area contributed by atoms with E-state index in [1.165, 1.54) is 10.6 Å². The van der Waals surface area contributed by atoms with Gasteiger partial charge in [0.1, 0.15) is 17.0 Å². The van der Waals surface area contributed by atoms with Gasteiger partial charge in [-0.25, -0.2) is 9.37 Å². The molecule has 19 heavy (non-hydrogen) atoms. The van der Waals surface area contributed by atoms with Crippen LogP contribution in [0.25, 0.3) is 22.3 Å². The summed E-state index contributed by atoms with van der Waals surface area (Å²) < 4.78 is 15.3. The van der Waals surface area contributed by atoms with Gasteiger partial charge in [0.15, 0.2) is 0 Å². The van der Waals surface area contributed by atoms with Crippen LogP contribution in [0.15, 0.2) is 47.3 Å². The standard InChI is InChI=1S/C15H9FN2O/c16-11-6-3-7-12-13(11)15(19)18-8-9-4-1-2-5-10(9)14(18)17-12/h1-7H,8H2. The molecule has 0 aliphatic carbocycles. The molecule has 4 rings (SSSR count). The normalized spacial score (nSPS) is 12.5. The van der Waals surface area contributed by atoms with Gasteiger partial charge < -0.3 is 0 Å². The zero-order chi connectivity index (χ0) is 13.0. The molecular weight excluding hydrogens is 243 g/mol. The van der Waals surface area contributed by atoms with Crippen molar-refractivity contribution in [2.75, 3.05) is 0 Å². The first-order chi connectivity index (χ1) is 9.25. The number of rotatable bonds is 0. The fourth-order valence-corrected chi connectivity index (χ4v) is 2.62. The van der Waals surface area contributed by atoms with Crippen molar-refractivity contribution < 1.29 is 4.39 Å². The third-order valence-electron chi connectivity index (χ3n) is 3.52. The first kappa shape index (κ1) is 10.4. The summed E-state index contributed by atoms with van der Waals surface area (Å²) in [6.45, 7) is 0.460. The molecule has 1 aliphatic rings. The number of halogens is 1. The third-order valence-corrected chi connectivity index (χ3v) is 3.52. The summed E-state index contributed by atoms with van der Waals surface area (Å²) in [5, 5.41) is 0.0686. The molecule has 92 valence electrons. The molecule has 0 bridgehead atoms. The van der Waals surface area contributed by atoms with Crippen LogP contribution in [0.4, 0.5) is 4.39 Å². The second kappa shape index (κ2) is 3.51. The van der Waals surface area contributed by atoms with Gasteiger partial charge in [-0.05, 0) is 17.7 Å². The Morgan fingerprint density at radius 2 is 1.95 bits per heavy atom. The maximum Gasteiger partial charge on any atom is 0.264 e. The minimum absolute atomic E-state index is 0.0686. The Hall–Kier alpha value is -2.49. The highest BCUT2D eigenvalue weighted by Crippen LogP contribution is 2.29. The lowest BCUT2D eigenvalue weighted by molar-refractivity contribution is 0.635. The van der Waals surface area contributed by atoms with Gasteiger partial charge >= 0.3 is 0 Å². The van der Waals surface area contributed by atoms with Gasteiger partial charge in [0, 0.05) is 5.56 Å². The fraction of sp³-hybridized carbons (Fsp3) is 0.0667. The highest BCUT2D eigenvalue weighted by molar-refractivity contribution is 5.81. The van der Waals surface area contributed by atoms with Crippen molar-refractivity contribution in [3.8, 4) is 11.4 Å². The lowest BCUT2D eigenvalue weighted by atomic mass is 10.1. The van der Waals surface area contributed by atoms with E-state index in [9.17, 15) is 9.18 Å². The van der Waals surface area contributed by atoms with Crippen LogP contribution in [0.1, 0.15) is 5.56 Å². The second-order valence-electron chi connectivity index (χ2n) is 4.62. The smallest absolute Gasteiger partial charge is 0.264 e. The Morgan fingerprint density at radius 1 is 1.11 bits per heavy atom. The predicted molar refractivity (Wildman–Crippen MR) is 70.5 cm³/mol. The van der Waals surface area contributed by atoms with Gasteiger partial charge in [0.05, 0.1) is 12.1 Å². The van der Waals surface area contributed by atoms with Crippen LogP contribution in [0.5, 0.6) is 0 Å². The first-order valence-electron chi connectivity index (χ1n) is 6.03. The monoisotopic (exact) mass is 252 g/mol. The molecule has 0 radical (unpaired) electrons. The maximum atomic E-state index is 13.8. The Labute approximate surface area is 108 Å². The Bertz CT molecular complexity index is 883. The molecule has 0 spiro atoms. The van der Waals surface area contributed by atoms with E-state index < -0.39 is 5.82 Å². The summed E-state index contributed by atoms with van der Waals surface area (Å²) in [7, 11) is 0. The van der Waals surface area contributed by atoms with Crippen LogP contribution >= 0.6 is 0 Å². The second-order valence-corrected chi connectivity index (χ2v) is 4.62. The molecule has 0 unspecified atom stereocenters. The summed E-state index contributed by atoms with van der Waals surface area (Å²) in [4.78, 5) is 16.8. The molecule has 1 aliphatic heterocycles. The quantitative estimate of drug-likeness (QED) is 0.482. The van der Waals surface area contributed by atoms with E-state index in [1.54, 1.807) is 12.1 Å². The number of aromatic nitrogens is 2. The van der Waals surface area contributed by atoms with E-state index in [0.717, 1.165) is 11.1 Å². The molecule has 0 atom stereocenters. The van der Waals surface area contributed by atoms with Crippen molar-refractivity contribution in [3.05, 3.63) is 64.2 Å². The predicted octanol–water partition coefficient (Wildman–Crippen LogP) is 2.56. The Kier molecular flexibility index (Phi) is 1.93. The van der Waals surface area contributed by atoms with Crippen LogP contribution in [0.3, 0.4) is 0 Å². The minimum atomic E-state index is -0.513. The summed E-state index contributed by atoms with van der Waals surface area (Å²) in [5.41, 5.74) is 2.09. The summed E-state index contributed by atoms with van der Waals surface area (Å²) in [6, 6.07) is 12.3. The number of hydrogen-bond acceptors (Lipinski definition) is 2. The molecule has 0 fully saturated rings. The summed E-state index contributed by atoms with van der Waals surface area (Å²) >= 11 is 0. The Balaban J connectivity index is 2.17. The lowest BCUT2D eigenvalue weighted by Crippen LogP contribution is -2.21. The van der Waals surface area contributed by atoms with Crippen LogP contribution in [0.2, 0.25) is 0 Å². The number of fused-ring (bicyclic) bond motifs is 4. The van der Waals surface area contributed by atoms with Crippen molar-refractivity contribution in [2.24, 2.45) is 0 Å². The van der Waals surface area contributed by atoms with E-state index in [-0.39, 0.29) is 10.9 Å². The molecular formula is C15H9FN2O. The fourth-order valence-electron chi connectivity index (χ4n) is 2.62. The van der Waals surface area contributed by atoms with Gasteiger partial charge in [0.25, 0.3) is 5.56 Å². The average molecular weight is 252 g/mol. The molecule has 4 heteroatoms. The summed E-state index contributed by atoms with van der Waals surface area (Å²) in [6.07, 6.45) is 0.